The van der Waals surface area contributed by atoms with Gasteiger partial charge in [0.05, 0.1) is 22.3 Å². The van der Waals surface area contributed by atoms with E-state index < -0.39 is 5.95 Å². The summed E-state index contributed by atoms with van der Waals surface area (Å²) in [5.74, 6) is -0.246. The van der Waals surface area contributed by atoms with Crippen LogP contribution in [0.3, 0.4) is 0 Å². The molecule has 1 aromatic carbocycles. The molecule has 84 valence electrons. The summed E-state index contributed by atoms with van der Waals surface area (Å²) in [7, 11) is 0. The van der Waals surface area contributed by atoms with Crippen molar-refractivity contribution in [1.29, 1.82) is 5.26 Å². The summed E-state index contributed by atoms with van der Waals surface area (Å²) in [5, 5.41) is 12.1. The maximum Gasteiger partial charge on any atom is 0.214 e. The minimum Gasteiger partial charge on any atom is -0.339 e. The number of anilines is 2. The Balaban J connectivity index is 2.33. The molecule has 0 aliphatic carbocycles. The third-order valence-electron chi connectivity index (χ3n) is 2.07. The third kappa shape index (κ3) is 2.71. The number of rotatable bonds is 2. The summed E-state index contributed by atoms with van der Waals surface area (Å²) >= 11 is 5.95. The van der Waals surface area contributed by atoms with Crippen molar-refractivity contribution in [2.75, 3.05) is 5.32 Å². The quantitative estimate of drug-likeness (QED) is 0.827. The van der Waals surface area contributed by atoms with Gasteiger partial charge in [-0.1, -0.05) is 17.7 Å². The Morgan fingerprint density at radius 2 is 2.12 bits per heavy atom. The zero-order chi connectivity index (χ0) is 12.3. The lowest BCUT2D eigenvalue weighted by Crippen LogP contribution is -1.96. The number of hydrogen-bond acceptors (Lipinski definition) is 3. The van der Waals surface area contributed by atoms with E-state index in [1.165, 1.54) is 12.1 Å². The van der Waals surface area contributed by atoms with Crippen molar-refractivity contribution in [2.24, 2.45) is 0 Å². The number of hydrogen-bond donors (Lipinski definition) is 1. The molecule has 0 unspecified atom stereocenters. The highest BCUT2D eigenvalue weighted by Crippen LogP contribution is 2.25. The SMILES string of the molecule is N#Cc1ccc(Cl)c(Nc2cccc(F)n2)c1. The van der Waals surface area contributed by atoms with Gasteiger partial charge in [-0.2, -0.15) is 9.65 Å². The van der Waals surface area contributed by atoms with Crippen LogP contribution in [0, 0.1) is 17.3 Å². The van der Waals surface area contributed by atoms with Crippen molar-refractivity contribution >= 4 is 23.1 Å². The normalized spacial score (nSPS) is 9.71. The van der Waals surface area contributed by atoms with Crippen LogP contribution in [0.2, 0.25) is 5.02 Å². The average molecular weight is 248 g/mol. The number of nitrogens with zero attached hydrogens (tertiary/aromatic N) is 2. The lowest BCUT2D eigenvalue weighted by Gasteiger charge is -2.07. The zero-order valence-electron chi connectivity index (χ0n) is 8.61. The standard InChI is InChI=1S/C12H7ClFN3/c13-9-5-4-8(7-15)6-10(9)16-12-3-1-2-11(14)17-12/h1-6H,(H,16,17). The molecule has 0 saturated heterocycles. The first-order valence-corrected chi connectivity index (χ1v) is 5.16. The highest BCUT2D eigenvalue weighted by atomic mass is 35.5. The molecular weight excluding hydrogens is 241 g/mol. The Labute approximate surface area is 102 Å². The van der Waals surface area contributed by atoms with Crippen LogP contribution in [-0.4, -0.2) is 4.98 Å². The van der Waals surface area contributed by atoms with Gasteiger partial charge < -0.3 is 5.32 Å². The lowest BCUT2D eigenvalue weighted by molar-refractivity contribution is 0.585. The number of pyridine rings is 1. The summed E-state index contributed by atoms with van der Waals surface area (Å²) < 4.78 is 12.9. The number of nitriles is 1. The van der Waals surface area contributed by atoms with E-state index in [0.717, 1.165) is 0 Å². The minimum atomic E-state index is -0.581. The van der Waals surface area contributed by atoms with Gasteiger partial charge in [-0.15, -0.1) is 0 Å². The molecule has 0 atom stereocenters. The van der Waals surface area contributed by atoms with Crippen molar-refractivity contribution < 1.29 is 4.39 Å². The first-order chi connectivity index (χ1) is 8.19. The van der Waals surface area contributed by atoms with E-state index in [9.17, 15) is 4.39 Å². The van der Waals surface area contributed by atoms with E-state index in [2.05, 4.69) is 10.3 Å². The van der Waals surface area contributed by atoms with Gasteiger partial charge in [0.1, 0.15) is 5.82 Å². The second-order valence-corrected chi connectivity index (χ2v) is 3.68. The molecule has 0 spiro atoms. The fourth-order valence-electron chi connectivity index (χ4n) is 1.31. The van der Waals surface area contributed by atoms with Gasteiger partial charge in [-0.05, 0) is 30.3 Å². The number of aromatic nitrogens is 1. The van der Waals surface area contributed by atoms with Crippen LogP contribution in [0.4, 0.5) is 15.9 Å². The maximum atomic E-state index is 12.9. The second-order valence-electron chi connectivity index (χ2n) is 3.28. The monoisotopic (exact) mass is 247 g/mol. The molecule has 5 heteroatoms. The lowest BCUT2D eigenvalue weighted by atomic mass is 10.2. The third-order valence-corrected chi connectivity index (χ3v) is 2.40. The van der Waals surface area contributed by atoms with Crippen LogP contribution in [0.1, 0.15) is 5.56 Å². The highest BCUT2D eigenvalue weighted by Gasteiger charge is 2.03. The minimum absolute atomic E-state index is 0.335. The summed E-state index contributed by atoms with van der Waals surface area (Å²) in [4.78, 5) is 3.65. The molecule has 0 bridgehead atoms. The van der Waals surface area contributed by atoms with Gasteiger partial charge in [-0.3, -0.25) is 0 Å². The molecular formula is C12H7ClFN3. The molecule has 0 saturated carbocycles. The molecule has 2 aromatic rings. The van der Waals surface area contributed by atoms with Crippen LogP contribution in [0.15, 0.2) is 36.4 Å². The van der Waals surface area contributed by atoms with Gasteiger partial charge in [0.25, 0.3) is 0 Å². The van der Waals surface area contributed by atoms with Gasteiger partial charge >= 0.3 is 0 Å². The van der Waals surface area contributed by atoms with Crippen LogP contribution in [0.5, 0.6) is 0 Å². The van der Waals surface area contributed by atoms with E-state index in [1.54, 1.807) is 24.3 Å². The van der Waals surface area contributed by atoms with E-state index in [1.807, 2.05) is 6.07 Å². The average Bonchev–Trinajstić information content (AvgIpc) is 2.32. The summed E-state index contributed by atoms with van der Waals surface area (Å²) in [6.45, 7) is 0. The predicted octanol–water partition coefficient (Wildman–Crippen LogP) is 3.49. The molecule has 1 heterocycles. The van der Waals surface area contributed by atoms with Gasteiger partial charge in [0.15, 0.2) is 0 Å². The van der Waals surface area contributed by atoms with Crippen LogP contribution in [0.25, 0.3) is 0 Å². The molecule has 0 aliphatic rings. The molecule has 0 radical (unpaired) electrons. The second kappa shape index (κ2) is 4.81. The van der Waals surface area contributed by atoms with Crippen molar-refractivity contribution in [1.82, 2.24) is 4.98 Å². The zero-order valence-corrected chi connectivity index (χ0v) is 9.37. The molecule has 1 N–H and O–H groups in total. The maximum absolute atomic E-state index is 12.9. The summed E-state index contributed by atoms with van der Waals surface area (Å²) in [5.41, 5.74) is 0.983. The summed E-state index contributed by atoms with van der Waals surface area (Å²) in [6.07, 6.45) is 0. The van der Waals surface area contributed by atoms with Crippen molar-refractivity contribution in [2.45, 2.75) is 0 Å². The van der Waals surface area contributed by atoms with Gasteiger partial charge in [-0.25, -0.2) is 4.98 Å². The smallest absolute Gasteiger partial charge is 0.214 e. The molecule has 0 fully saturated rings. The molecule has 1 aromatic heterocycles. The van der Waals surface area contributed by atoms with Crippen LogP contribution < -0.4 is 5.32 Å². The largest absolute Gasteiger partial charge is 0.339 e. The summed E-state index contributed by atoms with van der Waals surface area (Å²) in [6, 6.07) is 11.2. The number of halogens is 2. The first kappa shape index (κ1) is 11.4. The molecule has 2 rings (SSSR count). The van der Waals surface area contributed by atoms with Gasteiger partial charge in [0, 0.05) is 0 Å². The number of benzene rings is 1. The predicted molar refractivity (Wildman–Crippen MR) is 63.6 cm³/mol. The first-order valence-electron chi connectivity index (χ1n) is 4.78. The Hall–Kier alpha value is -2.12. The van der Waals surface area contributed by atoms with E-state index >= 15 is 0 Å². The Kier molecular flexibility index (Phi) is 3.22. The fraction of sp³-hybridized carbons (Fsp3) is 0. The Bertz CT molecular complexity index is 593. The van der Waals surface area contributed by atoms with E-state index in [-0.39, 0.29) is 0 Å². The fourth-order valence-corrected chi connectivity index (χ4v) is 1.47. The van der Waals surface area contributed by atoms with Crippen molar-refractivity contribution in [3.05, 3.63) is 52.9 Å². The Morgan fingerprint density at radius 3 is 2.82 bits per heavy atom. The van der Waals surface area contributed by atoms with E-state index in [4.69, 9.17) is 16.9 Å². The topological polar surface area (TPSA) is 48.7 Å². The van der Waals surface area contributed by atoms with Crippen molar-refractivity contribution in [3.63, 3.8) is 0 Å². The Morgan fingerprint density at radius 1 is 1.29 bits per heavy atom. The van der Waals surface area contributed by atoms with Crippen molar-refractivity contribution in [3.8, 4) is 6.07 Å². The van der Waals surface area contributed by atoms with Gasteiger partial charge in [0.2, 0.25) is 5.95 Å². The van der Waals surface area contributed by atoms with Crippen LogP contribution in [-0.2, 0) is 0 Å². The highest BCUT2D eigenvalue weighted by molar-refractivity contribution is 6.33. The van der Waals surface area contributed by atoms with E-state index in [0.29, 0.717) is 22.1 Å². The number of nitrogens with one attached hydrogen (secondary N) is 1. The molecule has 17 heavy (non-hydrogen) atoms. The molecule has 3 nitrogen and oxygen atoms in total. The molecule has 0 aliphatic heterocycles. The van der Waals surface area contributed by atoms with Crippen LogP contribution >= 0.6 is 11.6 Å². The molecule has 0 amide bonds.